The zero-order valence-corrected chi connectivity index (χ0v) is 18.8. The third kappa shape index (κ3) is 4.58. The van der Waals surface area contributed by atoms with E-state index in [1.165, 1.54) is 43.1 Å². The molecule has 0 aromatic heterocycles. The minimum atomic E-state index is -0.227. The van der Waals surface area contributed by atoms with Gasteiger partial charge >= 0.3 is 0 Å². The Kier molecular flexibility index (Phi) is 6.91. The van der Waals surface area contributed by atoms with Gasteiger partial charge in [-0.1, -0.05) is 32.0 Å². The van der Waals surface area contributed by atoms with Gasteiger partial charge in [0.2, 0.25) is 0 Å². The molecule has 2 aliphatic rings. The molecule has 0 aromatic carbocycles. The topological polar surface area (TPSA) is 6.48 Å². The molecule has 4 heteroatoms. The van der Waals surface area contributed by atoms with E-state index in [-0.39, 0.29) is 19.3 Å². The van der Waals surface area contributed by atoms with Crippen LogP contribution in [0.2, 0.25) is 0 Å². The first-order chi connectivity index (χ1) is 11.1. The second-order valence-corrected chi connectivity index (χ2v) is 12.2. The molecule has 0 bridgehead atoms. The van der Waals surface area contributed by atoms with Gasteiger partial charge in [0.15, 0.2) is 0 Å². The lowest BCUT2D eigenvalue weighted by Gasteiger charge is -2.44. The van der Waals surface area contributed by atoms with Crippen LogP contribution >= 0.6 is 20.4 Å². The van der Waals surface area contributed by atoms with Crippen LogP contribution in [0.25, 0.3) is 0 Å². The first-order valence-electron chi connectivity index (χ1n) is 9.95. The molecule has 1 heterocycles. The van der Waals surface area contributed by atoms with Crippen LogP contribution in [0.5, 0.6) is 0 Å². The Morgan fingerprint density at radius 3 is 1.79 bits per heavy atom. The fourth-order valence-corrected chi connectivity index (χ4v) is 8.44. The summed E-state index contributed by atoms with van der Waals surface area (Å²) in [5.74, 6) is 0. The Balaban J connectivity index is 2.26. The molecule has 140 valence electrons. The van der Waals surface area contributed by atoms with Gasteiger partial charge in [-0.05, 0) is 84.7 Å². The van der Waals surface area contributed by atoms with Gasteiger partial charge in [-0.3, -0.25) is 9.34 Å². The van der Waals surface area contributed by atoms with Crippen molar-refractivity contribution in [1.82, 2.24) is 9.34 Å². The van der Waals surface area contributed by atoms with E-state index in [1.54, 1.807) is 0 Å². The van der Waals surface area contributed by atoms with Crippen LogP contribution in [0.4, 0.5) is 0 Å². The van der Waals surface area contributed by atoms with Gasteiger partial charge in [0.1, 0.15) is 0 Å². The highest BCUT2D eigenvalue weighted by Crippen LogP contribution is 2.62. The van der Waals surface area contributed by atoms with Crippen LogP contribution in [0.3, 0.4) is 0 Å². The van der Waals surface area contributed by atoms with E-state index in [1.807, 2.05) is 0 Å². The third-order valence-corrected chi connectivity index (χ3v) is 9.40. The number of hydrogen-bond acceptors (Lipinski definition) is 3. The van der Waals surface area contributed by atoms with E-state index in [4.69, 9.17) is 12.2 Å². The molecule has 0 unspecified atom stereocenters. The highest BCUT2D eigenvalue weighted by Gasteiger charge is 2.53. The van der Waals surface area contributed by atoms with Crippen molar-refractivity contribution in [1.29, 1.82) is 0 Å². The highest BCUT2D eigenvalue weighted by molar-refractivity contribution is 7.80. The molecule has 0 spiro atoms. The molecular weight excluding hydrogens is 331 g/mol. The zero-order valence-electron chi connectivity index (χ0n) is 17.1. The maximum absolute atomic E-state index is 5.48. The van der Waals surface area contributed by atoms with Gasteiger partial charge in [0.25, 0.3) is 0 Å². The van der Waals surface area contributed by atoms with Gasteiger partial charge in [0, 0.05) is 31.4 Å². The summed E-state index contributed by atoms with van der Waals surface area (Å²) in [6, 6.07) is 1.53. The van der Waals surface area contributed by atoms with Gasteiger partial charge in [-0.25, -0.2) is 0 Å². The van der Waals surface area contributed by atoms with Crippen LogP contribution in [-0.4, -0.2) is 43.5 Å². The van der Waals surface area contributed by atoms with Crippen LogP contribution in [0, 0.1) is 0 Å². The summed E-state index contributed by atoms with van der Waals surface area (Å²) in [4.78, 5) is 1.26. The van der Waals surface area contributed by atoms with Crippen LogP contribution in [0.1, 0.15) is 93.4 Å². The molecule has 2 nitrogen and oxygen atoms in total. The molecule has 1 saturated carbocycles. The fourth-order valence-electron chi connectivity index (χ4n) is 4.61. The average molecular weight is 371 g/mol. The first kappa shape index (κ1) is 20.7. The Morgan fingerprint density at radius 2 is 1.42 bits per heavy atom. The minimum Gasteiger partial charge on any atom is -0.260 e. The average Bonchev–Trinajstić information content (AvgIpc) is 2.80. The van der Waals surface area contributed by atoms with E-state index in [0.29, 0.717) is 0 Å². The summed E-state index contributed by atoms with van der Waals surface area (Å²) in [6.07, 6.45) is 10.4. The van der Waals surface area contributed by atoms with E-state index in [2.05, 4.69) is 57.8 Å². The van der Waals surface area contributed by atoms with E-state index >= 15 is 0 Å². The maximum atomic E-state index is 5.48. The summed E-state index contributed by atoms with van der Waals surface area (Å²) in [5.41, 5.74) is 0.522. The van der Waals surface area contributed by atoms with Gasteiger partial charge in [-0.15, -0.1) is 0 Å². The molecular formula is C20H39N2PS. The minimum absolute atomic E-state index is 0.227. The monoisotopic (exact) mass is 370 g/mol. The third-order valence-electron chi connectivity index (χ3n) is 5.40. The van der Waals surface area contributed by atoms with Crippen molar-refractivity contribution in [3.8, 4) is 0 Å². The molecule has 2 fully saturated rings. The highest BCUT2D eigenvalue weighted by atomic mass is 32.1. The molecule has 0 N–H and O–H groups in total. The zero-order chi connectivity index (χ0) is 18.1. The molecule has 0 amide bonds. The molecule has 2 atom stereocenters. The number of fused-ring (bicyclic) bond motifs is 1. The van der Waals surface area contributed by atoms with Crippen LogP contribution in [-0.2, 0) is 0 Å². The Bertz CT molecular complexity index is 408. The molecule has 2 rings (SSSR count). The molecule has 1 aliphatic carbocycles. The summed E-state index contributed by atoms with van der Waals surface area (Å²) in [7, 11) is -0.227. The largest absolute Gasteiger partial charge is 0.260 e. The van der Waals surface area contributed by atoms with Crippen molar-refractivity contribution in [2.24, 2.45) is 0 Å². The second-order valence-electron chi connectivity index (χ2n) is 9.54. The lowest BCUT2D eigenvalue weighted by atomic mass is 9.87. The number of nitrogens with zero attached hydrogens (tertiary/aromatic N) is 2. The number of rotatable bonds is 5. The summed E-state index contributed by atoms with van der Waals surface area (Å²) in [5, 5.41) is 0. The van der Waals surface area contributed by atoms with Crippen molar-refractivity contribution in [2.45, 2.75) is 117 Å². The molecule has 0 aromatic rings. The number of hydrogen-bond donors (Lipinski definition) is 0. The van der Waals surface area contributed by atoms with Crippen molar-refractivity contribution in [3.05, 3.63) is 0 Å². The Hall–Kier alpha value is 0.440. The molecule has 24 heavy (non-hydrogen) atoms. The summed E-state index contributed by atoms with van der Waals surface area (Å²) < 4.78 is 5.87. The van der Waals surface area contributed by atoms with Crippen LogP contribution in [0.15, 0.2) is 0 Å². The second kappa shape index (κ2) is 7.99. The summed E-state index contributed by atoms with van der Waals surface area (Å²) >= 11 is 5.48. The molecule has 1 saturated heterocycles. The standard InChI is InChI=1S/C20H39N2PS/c1-8-16(24)12-11-15-23-21(19(2,3)4)17-13-9-10-14-18(17)22(23)20(5,6)7/h17-18H,8-15H2,1-7H3/t17-,18-/m1/s1. The number of thiocarbonyl (C=S) groups is 1. The van der Waals surface area contributed by atoms with Crippen molar-refractivity contribution in [2.75, 3.05) is 6.16 Å². The van der Waals surface area contributed by atoms with E-state index in [9.17, 15) is 0 Å². The van der Waals surface area contributed by atoms with Crippen molar-refractivity contribution >= 4 is 25.3 Å². The van der Waals surface area contributed by atoms with Gasteiger partial charge in [0.05, 0.1) is 0 Å². The van der Waals surface area contributed by atoms with Crippen molar-refractivity contribution in [3.63, 3.8) is 0 Å². The lowest BCUT2D eigenvalue weighted by molar-refractivity contribution is 0.118. The van der Waals surface area contributed by atoms with Gasteiger partial charge < -0.3 is 0 Å². The smallest absolute Gasteiger partial charge is 0.0410 e. The quantitative estimate of drug-likeness (QED) is 0.409. The Morgan fingerprint density at radius 1 is 0.958 bits per heavy atom. The predicted octanol–water partition coefficient (Wildman–Crippen LogP) is 6.38. The van der Waals surface area contributed by atoms with Crippen molar-refractivity contribution < 1.29 is 0 Å². The predicted molar refractivity (Wildman–Crippen MR) is 113 cm³/mol. The van der Waals surface area contributed by atoms with E-state index in [0.717, 1.165) is 24.9 Å². The maximum Gasteiger partial charge on any atom is 0.0410 e. The SMILES string of the molecule is CCC(=S)CCCP1N(C(C)(C)C)[C@@H]2CCCC[C@H]2N1C(C)(C)C. The fraction of sp³-hybridized carbons (Fsp3) is 0.950. The Labute approximate surface area is 157 Å². The normalized spacial score (nSPS) is 27.5. The summed E-state index contributed by atoms with van der Waals surface area (Å²) in [6.45, 7) is 16.8. The first-order valence-corrected chi connectivity index (χ1v) is 11.8. The molecule has 1 aliphatic heterocycles. The molecule has 0 radical (unpaired) electrons. The van der Waals surface area contributed by atoms with Crippen LogP contribution < -0.4 is 0 Å². The lowest BCUT2D eigenvalue weighted by Crippen LogP contribution is -2.48. The van der Waals surface area contributed by atoms with E-state index < -0.39 is 0 Å². The van der Waals surface area contributed by atoms with Gasteiger partial charge in [-0.2, -0.15) is 0 Å².